The van der Waals surface area contributed by atoms with Gasteiger partial charge in [0.2, 0.25) is 5.88 Å². The van der Waals surface area contributed by atoms with Crippen molar-refractivity contribution in [3.63, 3.8) is 0 Å². The van der Waals surface area contributed by atoms with Gasteiger partial charge in [0.05, 0.1) is 27.0 Å². The molecule has 0 aliphatic heterocycles. The molecule has 0 spiro atoms. The Balaban J connectivity index is 1.39. The molecule has 0 unspecified atom stereocenters. The number of carbonyl (C=O) groups is 1. The van der Waals surface area contributed by atoms with Crippen LogP contribution in [0.15, 0.2) is 78.9 Å². The maximum Gasteiger partial charge on any atom is 0.251 e. The average Bonchev–Trinajstić information content (AvgIpc) is 2.92. The Labute approximate surface area is 203 Å². The second-order valence-electron chi connectivity index (χ2n) is 7.48. The van der Waals surface area contributed by atoms with Gasteiger partial charge in [0, 0.05) is 35.4 Å². The van der Waals surface area contributed by atoms with Crippen molar-refractivity contribution in [3.8, 4) is 40.1 Å². The third kappa shape index (κ3) is 5.86. The molecule has 0 aliphatic rings. The third-order valence-corrected chi connectivity index (χ3v) is 5.27. The van der Waals surface area contributed by atoms with Crippen LogP contribution in [-0.4, -0.2) is 37.4 Å². The summed E-state index contributed by atoms with van der Waals surface area (Å²) < 4.78 is 21.6. The Morgan fingerprint density at radius 1 is 0.771 bits per heavy atom. The molecule has 4 aromatic rings. The second kappa shape index (κ2) is 11.0. The number of methoxy groups -OCH3 is 3. The molecule has 0 atom stereocenters. The molecular weight excluding hydrogens is 446 g/mol. The minimum atomic E-state index is -0.199. The van der Waals surface area contributed by atoms with Crippen molar-refractivity contribution < 1.29 is 23.7 Å². The average molecular weight is 472 g/mol. The zero-order valence-corrected chi connectivity index (χ0v) is 19.6. The first-order chi connectivity index (χ1) is 17.1. The lowest BCUT2D eigenvalue weighted by molar-refractivity contribution is 0.0950. The predicted molar refractivity (Wildman–Crippen MR) is 131 cm³/mol. The quantitative estimate of drug-likeness (QED) is 0.372. The van der Waals surface area contributed by atoms with Crippen LogP contribution in [-0.2, 0) is 6.54 Å². The molecule has 1 N–H and O–H groups in total. The van der Waals surface area contributed by atoms with E-state index in [4.69, 9.17) is 18.9 Å². The fourth-order valence-electron chi connectivity index (χ4n) is 3.40. The summed E-state index contributed by atoms with van der Waals surface area (Å²) >= 11 is 0. The molecule has 1 heterocycles. The molecule has 178 valence electrons. The van der Waals surface area contributed by atoms with E-state index in [1.165, 1.54) is 0 Å². The fraction of sp³-hybridized carbons (Fsp3) is 0.148. The van der Waals surface area contributed by atoms with Crippen LogP contribution < -0.4 is 24.3 Å². The highest BCUT2D eigenvalue weighted by Gasteiger charge is 2.10. The first-order valence-electron chi connectivity index (χ1n) is 10.8. The van der Waals surface area contributed by atoms with Crippen LogP contribution in [0.4, 0.5) is 0 Å². The molecule has 8 nitrogen and oxygen atoms in total. The van der Waals surface area contributed by atoms with Gasteiger partial charge in [0.15, 0.2) is 0 Å². The molecular formula is C27H25N3O5. The minimum Gasteiger partial charge on any atom is -0.497 e. The van der Waals surface area contributed by atoms with Gasteiger partial charge in [-0.3, -0.25) is 4.79 Å². The number of carbonyl (C=O) groups excluding carboxylic acids is 1. The summed E-state index contributed by atoms with van der Waals surface area (Å²) in [5.74, 6) is 2.84. The number of amides is 1. The predicted octanol–water partition coefficient (Wildman–Crippen LogP) is 4.89. The normalized spacial score (nSPS) is 10.4. The summed E-state index contributed by atoms with van der Waals surface area (Å²) in [5, 5.41) is 11.3. The topological polar surface area (TPSA) is 91.8 Å². The molecule has 0 radical (unpaired) electrons. The summed E-state index contributed by atoms with van der Waals surface area (Å²) in [4.78, 5) is 12.6. The SMILES string of the molecule is COc1cccc(Oc2ccc(-c3ccc(C(=O)NCc4cc(OC)ccc4OC)cc3)nn2)c1. The second-order valence-corrected chi connectivity index (χ2v) is 7.48. The van der Waals surface area contributed by atoms with Gasteiger partial charge in [0.25, 0.3) is 5.91 Å². The molecule has 0 bridgehead atoms. The highest BCUT2D eigenvalue weighted by Crippen LogP contribution is 2.26. The number of benzene rings is 3. The van der Waals surface area contributed by atoms with Crippen molar-refractivity contribution in [3.05, 3.63) is 90.0 Å². The van der Waals surface area contributed by atoms with Gasteiger partial charge < -0.3 is 24.3 Å². The highest BCUT2D eigenvalue weighted by atomic mass is 16.5. The number of hydrogen-bond acceptors (Lipinski definition) is 7. The molecule has 0 saturated carbocycles. The zero-order valence-electron chi connectivity index (χ0n) is 19.6. The van der Waals surface area contributed by atoms with Gasteiger partial charge in [-0.25, -0.2) is 0 Å². The van der Waals surface area contributed by atoms with Crippen molar-refractivity contribution in [2.24, 2.45) is 0 Å². The van der Waals surface area contributed by atoms with E-state index < -0.39 is 0 Å². The van der Waals surface area contributed by atoms with Crippen molar-refractivity contribution >= 4 is 5.91 Å². The molecule has 3 aromatic carbocycles. The standard InChI is InChI=1S/C27H25N3O5/c1-32-21-5-4-6-23(16-21)35-26-14-12-24(29-30-26)18-7-9-19(10-8-18)27(31)28-17-20-15-22(33-2)11-13-25(20)34-3/h4-16H,17H2,1-3H3,(H,28,31). The third-order valence-electron chi connectivity index (χ3n) is 5.27. The first-order valence-corrected chi connectivity index (χ1v) is 10.8. The van der Waals surface area contributed by atoms with Crippen LogP contribution in [0.2, 0.25) is 0 Å². The van der Waals surface area contributed by atoms with Crippen LogP contribution in [0.3, 0.4) is 0 Å². The zero-order chi connectivity index (χ0) is 24.6. The lowest BCUT2D eigenvalue weighted by Crippen LogP contribution is -2.23. The van der Waals surface area contributed by atoms with Crippen LogP contribution >= 0.6 is 0 Å². The number of aromatic nitrogens is 2. The van der Waals surface area contributed by atoms with E-state index in [0.29, 0.717) is 46.7 Å². The van der Waals surface area contributed by atoms with Gasteiger partial charge in [0.1, 0.15) is 23.0 Å². The largest absolute Gasteiger partial charge is 0.497 e. The van der Waals surface area contributed by atoms with Gasteiger partial charge in [-0.1, -0.05) is 18.2 Å². The van der Waals surface area contributed by atoms with E-state index >= 15 is 0 Å². The Bertz CT molecular complexity index is 1290. The molecule has 1 aromatic heterocycles. The van der Waals surface area contributed by atoms with Crippen molar-refractivity contribution in [2.45, 2.75) is 6.54 Å². The van der Waals surface area contributed by atoms with E-state index in [-0.39, 0.29) is 5.91 Å². The Morgan fingerprint density at radius 2 is 1.51 bits per heavy atom. The van der Waals surface area contributed by atoms with Gasteiger partial charge >= 0.3 is 0 Å². The van der Waals surface area contributed by atoms with Crippen LogP contribution in [0.5, 0.6) is 28.9 Å². The maximum atomic E-state index is 12.6. The lowest BCUT2D eigenvalue weighted by Gasteiger charge is -2.11. The number of nitrogens with zero attached hydrogens (tertiary/aromatic N) is 2. The highest BCUT2D eigenvalue weighted by molar-refractivity contribution is 5.94. The molecule has 0 aliphatic carbocycles. The number of rotatable bonds is 9. The Hall–Kier alpha value is -4.59. The van der Waals surface area contributed by atoms with Crippen LogP contribution in [0.25, 0.3) is 11.3 Å². The summed E-state index contributed by atoms with van der Waals surface area (Å²) in [6.07, 6.45) is 0. The van der Waals surface area contributed by atoms with E-state index in [9.17, 15) is 4.79 Å². The summed E-state index contributed by atoms with van der Waals surface area (Å²) in [7, 11) is 4.78. The van der Waals surface area contributed by atoms with Gasteiger partial charge in [-0.05, 0) is 48.5 Å². The molecule has 0 fully saturated rings. The molecule has 4 rings (SSSR count). The van der Waals surface area contributed by atoms with Gasteiger partial charge in [-0.2, -0.15) is 0 Å². The lowest BCUT2D eigenvalue weighted by atomic mass is 10.1. The van der Waals surface area contributed by atoms with Crippen molar-refractivity contribution in [2.75, 3.05) is 21.3 Å². The van der Waals surface area contributed by atoms with E-state index in [0.717, 1.165) is 11.1 Å². The van der Waals surface area contributed by atoms with E-state index in [2.05, 4.69) is 15.5 Å². The van der Waals surface area contributed by atoms with E-state index in [1.807, 2.05) is 54.6 Å². The van der Waals surface area contributed by atoms with Crippen LogP contribution in [0.1, 0.15) is 15.9 Å². The fourth-order valence-corrected chi connectivity index (χ4v) is 3.40. The molecule has 1 amide bonds. The number of nitrogens with one attached hydrogen (secondary N) is 1. The number of hydrogen-bond donors (Lipinski definition) is 1. The first kappa shape index (κ1) is 23.6. The smallest absolute Gasteiger partial charge is 0.251 e. The van der Waals surface area contributed by atoms with Gasteiger partial charge in [-0.15, -0.1) is 10.2 Å². The Kier molecular flexibility index (Phi) is 7.42. The monoisotopic (exact) mass is 471 g/mol. The molecule has 35 heavy (non-hydrogen) atoms. The molecule has 8 heteroatoms. The number of ether oxygens (including phenoxy) is 4. The summed E-state index contributed by atoms with van der Waals surface area (Å²) in [6.45, 7) is 0.307. The molecule has 0 saturated heterocycles. The summed E-state index contributed by atoms with van der Waals surface area (Å²) in [5.41, 5.74) is 2.84. The minimum absolute atomic E-state index is 0.199. The Morgan fingerprint density at radius 3 is 2.20 bits per heavy atom. The van der Waals surface area contributed by atoms with Crippen LogP contribution in [0, 0.1) is 0 Å². The summed E-state index contributed by atoms with van der Waals surface area (Å²) in [6, 6.07) is 23.4. The van der Waals surface area contributed by atoms with Crippen molar-refractivity contribution in [1.29, 1.82) is 0 Å². The van der Waals surface area contributed by atoms with E-state index in [1.54, 1.807) is 45.6 Å². The maximum absolute atomic E-state index is 12.6. The van der Waals surface area contributed by atoms with Crippen molar-refractivity contribution in [1.82, 2.24) is 15.5 Å².